The topological polar surface area (TPSA) is 103 Å². The molecule has 9 heteroatoms. The summed E-state index contributed by atoms with van der Waals surface area (Å²) >= 11 is -3.28. The zero-order chi connectivity index (χ0) is 18.7. The number of ether oxygens (including phenoxy) is 1. The number of rotatable bonds is 8. The second-order valence-electron chi connectivity index (χ2n) is 7.05. The number of aliphatic hydroxyl groups is 1. The fourth-order valence-corrected chi connectivity index (χ4v) is 15.4. The molecule has 8 nitrogen and oxygen atoms in total. The van der Waals surface area contributed by atoms with E-state index in [0.717, 1.165) is 34.6 Å². The SMILES string of the molecule is CCC[CH2][Sn]1([CH2]CCC)[O]C2[C@@H](CO)O[C@@H](n3ccc(=O)[nH]c3=O)[C@H]2[O]1. The van der Waals surface area contributed by atoms with E-state index >= 15 is 0 Å². The van der Waals surface area contributed by atoms with Gasteiger partial charge in [0.25, 0.3) is 0 Å². The average molecular weight is 475 g/mol. The van der Waals surface area contributed by atoms with Gasteiger partial charge in [0.15, 0.2) is 0 Å². The molecule has 0 aliphatic carbocycles. The van der Waals surface area contributed by atoms with Gasteiger partial charge in [-0.15, -0.1) is 0 Å². The molecule has 146 valence electrons. The van der Waals surface area contributed by atoms with Crippen LogP contribution in [-0.4, -0.2) is 58.8 Å². The summed E-state index contributed by atoms with van der Waals surface area (Å²) in [6, 6.07) is 1.28. The van der Waals surface area contributed by atoms with E-state index < -0.39 is 48.9 Å². The normalized spacial score (nSPS) is 29.8. The molecular formula is C17H28N2O6Sn. The van der Waals surface area contributed by atoms with Crippen molar-refractivity contribution >= 4 is 19.2 Å². The second-order valence-corrected chi connectivity index (χ2v) is 16.4. The van der Waals surface area contributed by atoms with Crippen LogP contribution < -0.4 is 11.2 Å². The minimum absolute atomic E-state index is 0.192. The molecule has 1 aromatic rings. The van der Waals surface area contributed by atoms with Gasteiger partial charge >= 0.3 is 157 Å². The summed E-state index contributed by atoms with van der Waals surface area (Å²) in [4.78, 5) is 25.8. The van der Waals surface area contributed by atoms with Crippen LogP contribution in [0.5, 0.6) is 0 Å². The fourth-order valence-electron chi connectivity index (χ4n) is 3.75. The van der Waals surface area contributed by atoms with Crippen molar-refractivity contribution in [3.63, 3.8) is 0 Å². The molecule has 4 atom stereocenters. The van der Waals surface area contributed by atoms with Crippen LogP contribution in [0.15, 0.2) is 21.9 Å². The van der Waals surface area contributed by atoms with Crippen molar-refractivity contribution in [3.8, 4) is 0 Å². The first-order chi connectivity index (χ1) is 12.5. The van der Waals surface area contributed by atoms with E-state index in [-0.39, 0.29) is 12.7 Å². The Morgan fingerprint density at radius 1 is 1.15 bits per heavy atom. The van der Waals surface area contributed by atoms with E-state index in [1.54, 1.807) is 0 Å². The molecule has 1 unspecified atom stereocenters. The molecule has 2 aliphatic rings. The predicted octanol–water partition coefficient (Wildman–Crippen LogP) is 1.25. The van der Waals surface area contributed by atoms with Crippen molar-refractivity contribution in [3.05, 3.63) is 33.1 Å². The van der Waals surface area contributed by atoms with Gasteiger partial charge in [-0.2, -0.15) is 0 Å². The van der Waals surface area contributed by atoms with Crippen LogP contribution in [0.4, 0.5) is 0 Å². The number of nitrogens with one attached hydrogen (secondary N) is 1. The molecule has 2 N–H and O–H groups in total. The predicted molar refractivity (Wildman–Crippen MR) is 97.2 cm³/mol. The number of hydrogen-bond acceptors (Lipinski definition) is 6. The number of nitrogens with zero attached hydrogens (tertiary/aromatic N) is 1. The number of unbranched alkanes of at least 4 members (excludes halogenated alkanes) is 2. The van der Waals surface area contributed by atoms with E-state index in [9.17, 15) is 14.7 Å². The van der Waals surface area contributed by atoms with Gasteiger partial charge in [0, 0.05) is 0 Å². The van der Waals surface area contributed by atoms with E-state index in [4.69, 9.17) is 10.9 Å². The standard InChI is InChI=1S/C9H10N2O6.2C4H9.Sn/c12-3-4-6(14)7(15)8(17-4)11-2-1-5(13)10-9(11)16;2*1-3-4-2;/h1-2,4,6-8,12H,3H2,(H,10,13,16);2*1,3-4H2,2H3;/q-2;;;+2/t4-,6?,7+,8-;;;/m1.../s1. The molecule has 0 saturated carbocycles. The molecule has 0 bridgehead atoms. The molecule has 2 fully saturated rings. The summed E-state index contributed by atoms with van der Waals surface area (Å²) in [5, 5.41) is 9.73. The van der Waals surface area contributed by atoms with Crippen molar-refractivity contribution in [1.29, 1.82) is 0 Å². The minimum atomic E-state index is -3.28. The van der Waals surface area contributed by atoms with Gasteiger partial charge in [0.2, 0.25) is 0 Å². The molecule has 0 radical (unpaired) electrons. The van der Waals surface area contributed by atoms with E-state index in [0.29, 0.717) is 0 Å². The average Bonchev–Trinajstić information content (AvgIpc) is 3.14. The van der Waals surface area contributed by atoms with Crippen molar-refractivity contribution in [2.75, 3.05) is 6.61 Å². The first kappa shape index (κ1) is 20.1. The number of aromatic nitrogens is 2. The van der Waals surface area contributed by atoms with Crippen LogP contribution in [0, 0.1) is 0 Å². The third-order valence-electron chi connectivity index (χ3n) is 5.11. The zero-order valence-electron chi connectivity index (χ0n) is 15.3. The van der Waals surface area contributed by atoms with Gasteiger partial charge in [-0.25, -0.2) is 0 Å². The Balaban J connectivity index is 1.89. The summed E-state index contributed by atoms with van der Waals surface area (Å²) in [5.74, 6) is 0. The molecule has 2 aliphatic heterocycles. The summed E-state index contributed by atoms with van der Waals surface area (Å²) in [7, 11) is 0. The van der Waals surface area contributed by atoms with E-state index in [2.05, 4.69) is 18.8 Å². The maximum absolute atomic E-state index is 12.2. The van der Waals surface area contributed by atoms with Crippen LogP contribution in [0.2, 0.25) is 8.87 Å². The fraction of sp³-hybridized carbons (Fsp3) is 0.765. The second kappa shape index (κ2) is 8.55. The van der Waals surface area contributed by atoms with Gasteiger partial charge in [-0.05, 0) is 0 Å². The molecular weight excluding hydrogens is 447 g/mol. The van der Waals surface area contributed by atoms with Gasteiger partial charge in [0.05, 0.1) is 0 Å². The number of aliphatic hydroxyl groups excluding tert-OH is 1. The van der Waals surface area contributed by atoms with E-state index in [1.807, 2.05) is 0 Å². The Morgan fingerprint density at radius 2 is 1.81 bits per heavy atom. The third kappa shape index (κ3) is 3.94. The summed E-state index contributed by atoms with van der Waals surface area (Å²) in [6.07, 6.45) is 3.72. The van der Waals surface area contributed by atoms with Crippen molar-refractivity contribution in [2.24, 2.45) is 0 Å². The Bertz CT molecular complexity index is 712. The van der Waals surface area contributed by atoms with Gasteiger partial charge < -0.3 is 0 Å². The molecule has 3 heterocycles. The zero-order valence-corrected chi connectivity index (χ0v) is 18.2. The number of fused-ring (bicyclic) bond motifs is 1. The Kier molecular flexibility index (Phi) is 6.60. The first-order valence-electron chi connectivity index (χ1n) is 9.47. The van der Waals surface area contributed by atoms with Crippen LogP contribution in [0.3, 0.4) is 0 Å². The molecule has 2 saturated heterocycles. The van der Waals surface area contributed by atoms with Crippen LogP contribution in [0.1, 0.15) is 45.8 Å². The first-order valence-corrected chi connectivity index (χ1v) is 15.8. The number of H-pyrrole nitrogens is 1. The molecule has 26 heavy (non-hydrogen) atoms. The van der Waals surface area contributed by atoms with Gasteiger partial charge in [-0.3, -0.25) is 0 Å². The van der Waals surface area contributed by atoms with Gasteiger partial charge in [0.1, 0.15) is 0 Å². The maximum atomic E-state index is 12.2. The molecule has 0 spiro atoms. The van der Waals surface area contributed by atoms with Crippen molar-refractivity contribution in [2.45, 2.75) is 72.9 Å². The Hall–Kier alpha value is -0.681. The Labute approximate surface area is 157 Å². The third-order valence-corrected chi connectivity index (χ3v) is 15.5. The van der Waals surface area contributed by atoms with Gasteiger partial charge in [-0.1, -0.05) is 0 Å². The van der Waals surface area contributed by atoms with E-state index in [1.165, 1.54) is 16.8 Å². The van der Waals surface area contributed by atoms with Crippen molar-refractivity contribution < 1.29 is 16.0 Å². The van der Waals surface area contributed by atoms with Crippen LogP contribution in [0.25, 0.3) is 0 Å². The number of hydrogen-bond donors (Lipinski definition) is 2. The molecule has 0 aromatic carbocycles. The monoisotopic (exact) mass is 476 g/mol. The quantitative estimate of drug-likeness (QED) is 0.549. The summed E-state index contributed by atoms with van der Waals surface area (Å²) < 4.78 is 22.2. The van der Waals surface area contributed by atoms with Crippen LogP contribution in [-0.2, 0) is 10.9 Å². The van der Waals surface area contributed by atoms with Crippen molar-refractivity contribution in [1.82, 2.24) is 9.55 Å². The molecule has 1 aromatic heterocycles. The Morgan fingerprint density at radius 3 is 2.38 bits per heavy atom. The van der Waals surface area contributed by atoms with Crippen LogP contribution >= 0.6 is 0 Å². The molecule has 3 rings (SSSR count). The molecule has 0 amide bonds. The number of aromatic amines is 1. The summed E-state index contributed by atoms with van der Waals surface area (Å²) in [6.45, 7) is 4.11. The summed E-state index contributed by atoms with van der Waals surface area (Å²) in [5.41, 5.74) is -0.999.